The number of carbonyl (C=O) groups is 1. The van der Waals surface area contributed by atoms with E-state index >= 15 is 0 Å². The highest BCUT2D eigenvalue weighted by Gasteiger charge is 2.09. The molecule has 0 bridgehead atoms. The van der Waals surface area contributed by atoms with Crippen LogP contribution < -0.4 is 11.1 Å². The fourth-order valence-electron chi connectivity index (χ4n) is 1.50. The summed E-state index contributed by atoms with van der Waals surface area (Å²) in [4.78, 5) is 19.4. The van der Waals surface area contributed by atoms with Crippen molar-refractivity contribution >= 4 is 11.7 Å². The van der Waals surface area contributed by atoms with Gasteiger partial charge in [-0.3, -0.25) is 4.79 Å². The maximum atomic E-state index is 11.2. The van der Waals surface area contributed by atoms with E-state index in [9.17, 15) is 4.79 Å². The first-order valence-corrected chi connectivity index (χ1v) is 5.63. The highest BCUT2D eigenvalue weighted by molar-refractivity contribution is 5.97. The van der Waals surface area contributed by atoms with Crippen LogP contribution in [-0.2, 0) is 13.0 Å². The van der Waals surface area contributed by atoms with Crippen LogP contribution >= 0.6 is 0 Å². The van der Waals surface area contributed by atoms with Gasteiger partial charge in [0.1, 0.15) is 11.6 Å². The van der Waals surface area contributed by atoms with Crippen molar-refractivity contribution in [3.05, 3.63) is 41.7 Å². The number of anilines is 1. The molecular weight excluding hydrogens is 232 g/mol. The first-order chi connectivity index (χ1) is 8.70. The quantitative estimate of drug-likeness (QED) is 0.830. The Morgan fingerprint density at radius 3 is 3.00 bits per heavy atom. The van der Waals surface area contributed by atoms with Gasteiger partial charge >= 0.3 is 0 Å². The van der Waals surface area contributed by atoms with Gasteiger partial charge in [-0.1, -0.05) is 6.92 Å². The number of primary amides is 1. The molecule has 1 amide bonds. The van der Waals surface area contributed by atoms with Gasteiger partial charge < -0.3 is 15.5 Å². The van der Waals surface area contributed by atoms with Crippen LogP contribution in [0.15, 0.2) is 28.9 Å². The second-order valence-corrected chi connectivity index (χ2v) is 3.69. The lowest BCUT2D eigenvalue weighted by molar-refractivity contribution is 0.100. The summed E-state index contributed by atoms with van der Waals surface area (Å²) < 4.78 is 5.44. The van der Waals surface area contributed by atoms with E-state index in [4.69, 9.17) is 10.2 Å². The van der Waals surface area contributed by atoms with E-state index in [0.29, 0.717) is 23.8 Å². The van der Waals surface area contributed by atoms with Gasteiger partial charge in [0.2, 0.25) is 5.89 Å². The third-order valence-corrected chi connectivity index (χ3v) is 2.43. The number of carbonyl (C=O) groups excluding carboxylic acids is 1. The standard InChI is InChI=1S/C12H14N4O2/c1-2-8-6-15-10(18-8)7-16-12-9(11(13)17)4-3-5-14-12/h3-6H,2,7H2,1H3,(H2,13,17)(H,14,16). The maximum absolute atomic E-state index is 11.2. The molecule has 0 saturated heterocycles. The first kappa shape index (κ1) is 12.1. The summed E-state index contributed by atoms with van der Waals surface area (Å²) in [7, 11) is 0. The van der Waals surface area contributed by atoms with Crippen molar-refractivity contribution < 1.29 is 9.21 Å². The minimum absolute atomic E-state index is 0.347. The number of oxazole rings is 1. The zero-order valence-electron chi connectivity index (χ0n) is 10.0. The van der Waals surface area contributed by atoms with E-state index in [1.807, 2.05) is 6.92 Å². The highest BCUT2D eigenvalue weighted by Crippen LogP contribution is 2.12. The zero-order valence-corrected chi connectivity index (χ0v) is 10.0. The van der Waals surface area contributed by atoms with Crippen molar-refractivity contribution in [1.82, 2.24) is 9.97 Å². The number of nitrogens with two attached hydrogens (primary N) is 1. The predicted octanol–water partition coefficient (Wildman–Crippen LogP) is 1.34. The van der Waals surface area contributed by atoms with Crippen LogP contribution in [0, 0.1) is 0 Å². The molecule has 0 aliphatic carbocycles. The fraction of sp³-hybridized carbons (Fsp3) is 0.250. The second-order valence-electron chi connectivity index (χ2n) is 3.69. The molecule has 2 aromatic rings. The molecule has 0 atom stereocenters. The van der Waals surface area contributed by atoms with Crippen LogP contribution in [0.2, 0.25) is 0 Å². The average molecular weight is 246 g/mol. The molecule has 6 heteroatoms. The Balaban J connectivity index is 2.08. The Hall–Kier alpha value is -2.37. The van der Waals surface area contributed by atoms with Crippen LogP contribution in [0.4, 0.5) is 5.82 Å². The number of amides is 1. The molecule has 18 heavy (non-hydrogen) atoms. The lowest BCUT2D eigenvalue weighted by atomic mass is 10.2. The summed E-state index contributed by atoms with van der Waals surface area (Å²) in [6, 6.07) is 3.27. The molecule has 0 aliphatic heterocycles. The number of aromatic nitrogens is 2. The van der Waals surface area contributed by atoms with Gasteiger partial charge in [-0.2, -0.15) is 0 Å². The Morgan fingerprint density at radius 2 is 2.33 bits per heavy atom. The maximum Gasteiger partial charge on any atom is 0.252 e. The Labute approximate surface area is 104 Å². The predicted molar refractivity (Wildman–Crippen MR) is 66.0 cm³/mol. The molecular formula is C12H14N4O2. The summed E-state index contributed by atoms with van der Waals surface area (Å²) in [6.45, 7) is 2.35. The van der Waals surface area contributed by atoms with Gasteiger partial charge in [0.05, 0.1) is 18.3 Å². The number of nitrogens with one attached hydrogen (secondary N) is 1. The van der Waals surface area contributed by atoms with Crippen LogP contribution in [0.1, 0.15) is 28.9 Å². The molecule has 3 N–H and O–H groups in total. The van der Waals surface area contributed by atoms with Crippen molar-refractivity contribution in [1.29, 1.82) is 0 Å². The third kappa shape index (κ3) is 2.65. The fourth-order valence-corrected chi connectivity index (χ4v) is 1.50. The smallest absolute Gasteiger partial charge is 0.252 e. The molecule has 0 spiro atoms. The van der Waals surface area contributed by atoms with Crippen molar-refractivity contribution in [2.45, 2.75) is 19.9 Å². The minimum Gasteiger partial charge on any atom is -0.444 e. The van der Waals surface area contributed by atoms with Crippen molar-refractivity contribution in [3.63, 3.8) is 0 Å². The topological polar surface area (TPSA) is 94.0 Å². The first-order valence-electron chi connectivity index (χ1n) is 5.63. The molecule has 2 aromatic heterocycles. The summed E-state index contributed by atoms with van der Waals surface area (Å²) in [6.07, 6.45) is 4.06. The van der Waals surface area contributed by atoms with Crippen molar-refractivity contribution in [2.24, 2.45) is 5.73 Å². The Bertz CT molecular complexity index is 551. The summed E-state index contributed by atoms with van der Waals surface area (Å²) >= 11 is 0. The number of nitrogens with zero attached hydrogens (tertiary/aromatic N) is 2. The molecule has 6 nitrogen and oxygen atoms in total. The number of hydrogen-bond donors (Lipinski definition) is 2. The molecule has 0 aliphatic rings. The zero-order chi connectivity index (χ0) is 13.0. The summed E-state index contributed by atoms with van der Waals surface area (Å²) in [5, 5.41) is 2.98. The normalized spacial score (nSPS) is 10.3. The average Bonchev–Trinajstić information content (AvgIpc) is 2.84. The van der Waals surface area contributed by atoms with Gasteiger partial charge in [-0.15, -0.1) is 0 Å². The largest absolute Gasteiger partial charge is 0.444 e. The molecule has 0 saturated carbocycles. The summed E-state index contributed by atoms with van der Waals surface area (Å²) in [5.74, 6) is 1.28. The highest BCUT2D eigenvalue weighted by atomic mass is 16.4. The van der Waals surface area contributed by atoms with Crippen LogP contribution in [-0.4, -0.2) is 15.9 Å². The van der Waals surface area contributed by atoms with Crippen LogP contribution in [0.3, 0.4) is 0 Å². The van der Waals surface area contributed by atoms with Gasteiger partial charge in [0, 0.05) is 12.6 Å². The number of aryl methyl sites for hydroxylation is 1. The Kier molecular flexibility index (Phi) is 3.57. The monoisotopic (exact) mass is 246 g/mol. The van der Waals surface area contributed by atoms with Crippen LogP contribution in [0.25, 0.3) is 0 Å². The molecule has 2 heterocycles. The van der Waals surface area contributed by atoms with Crippen molar-refractivity contribution in [3.8, 4) is 0 Å². The van der Waals surface area contributed by atoms with Gasteiger partial charge in [0.25, 0.3) is 5.91 Å². The minimum atomic E-state index is -0.521. The van der Waals surface area contributed by atoms with Crippen molar-refractivity contribution in [2.75, 3.05) is 5.32 Å². The SMILES string of the molecule is CCc1cnc(CNc2ncccc2C(N)=O)o1. The lowest BCUT2D eigenvalue weighted by Crippen LogP contribution is -2.15. The molecule has 0 fully saturated rings. The molecule has 0 aromatic carbocycles. The molecule has 2 rings (SSSR count). The van der Waals surface area contributed by atoms with E-state index in [-0.39, 0.29) is 0 Å². The van der Waals surface area contributed by atoms with Gasteiger partial charge in [-0.05, 0) is 12.1 Å². The lowest BCUT2D eigenvalue weighted by Gasteiger charge is -2.06. The van der Waals surface area contributed by atoms with E-state index in [1.54, 1.807) is 24.5 Å². The third-order valence-electron chi connectivity index (χ3n) is 2.43. The molecule has 0 unspecified atom stereocenters. The summed E-state index contributed by atoms with van der Waals surface area (Å²) in [5.41, 5.74) is 5.60. The van der Waals surface area contributed by atoms with E-state index in [0.717, 1.165) is 12.2 Å². The van der Waals surface area contributed by atoms with E-state index in [2.05, 4.69) is 15.3 Å². The second kappa shape index (κ2) is 5.31. The van der Waals surface area contributed by atoms with Gasteiger partial charge in [-0.25, -0.2) is 9.97 Å². The number of rotatable bonds is 5. The van der Waals surface area contributed by atoms with E-state index < -0.39 is 5.91 Å². The molecule has 94 valence electrons. The molecule has 0 radical (unpaired) electrons. The number of hydrogen-bond acceptors (Lipinski definition) is 5. The number of pyridine rings is 1. The van der Waals surface area contributed by atoms with Gasteiger partial charge in [0.15, 0.2) is 0 Å². The van der Waals surface area contributed by atoms with Crippen LogP contribution in [0.5, 0.6) is 0 Å². The van der Waals surface area contributed by atoms with E-state index in [1.165, 1.54) is 0 Å². The Morgan fingerprint density at radius 1 is 1.50 bits per heavy atom.